The molecule has 0 bridgehead atoms. The van der Waals surface area contributed by atoms with Crippen molar-refractivity contribution in [2.24, 2.45) is 0 Å². The van der Waals surface area contributed by atoms with Crippen LogP contribution in [-0.2, 0) is 27.7 Å². The second kappa shape index (κ2) is 7.04. The quantitative estimate of drug-likeness (QED) is 0.737. The Labute approximate surface area is 162 Å². The lowest BCUT2D eigenvalue weighted by Crippen LogP contribution is -2.36. The van der Waals surface area contributed by atoms with Gasteiger partial charge in [-0.25, -0.2) is 8.42 Å². The average molecular weight is 437 g/mol. The van der Waals surface area contributed by atoms with Gasteiger partial charge in [-0.1, -0.05) is 28.1 Å². The van der Waals surface area contributed by atoms with Crippen LogP contribution in [-0.4, -0.2) is 33.7 Å². The van der Waals surface area contributed by atoms with Gasteiger partial charge in [0.15, 0.2) is 0 Å². The summed E-state index contributed by atoms with van der Waals surface area (Å²) in [7, 11) is -1.78. The fourth-order valence-electron chi connectivity index (χ4n) is 3.25. The molecule has 0 unspecified atom stereocenters. The molecule has 1 aliphatic rings. The van der Waals surface area contributed by atoms with E-state index in [1.54, 1.807) is 24.3 Å². The highest BCUT2D eigenvalue weighted by Gasteiger charge is 2.30. The van der Waals surface area contributed by atoms with Crippen molar-refractivity contribution in [3.05, 3.63) is 58.1 Å². The van der Waals surface area contributed by atoms with Gasteiger partial charge in [-0.2, -0.15) is 0 Å². The smallest absolute Gasteiger partial charge is 0.231 e. The van der Waals surface area contributed by atoms with Crippen LogP contribution >= 0.6 is 15.9 Å². The van der Waals surface area contributed by atoms with E-state index in [-0.39, 0.29) is 18.4 Å². The molecule has 0 N–H and O–H groups in total. The van der Waals surface area contributed by atoms with E-state index in [4.69, 9.17) is 0 Å². The summed E-state index contributed by atoms with van der Waals surface area (Å²) in [6, 6.07) is 13.2. The Balaban J connectivity index is 1.77. The number of nitrogens with zero attached hydrogens (tertiary/aromatic N) is 2. The van der Waals surface area contributed by atoms with Crippen molar-refractivity contribution in [3.63, 3.8) is 0 Å². The second-order valence-corrected chi connectivity index (χ2v) is 9.59. The lowest BCUT2D eigenvalue weighted by Gasteiger charge is -2.23. The van der Waals surface area contributed by atoms with Crippen LogP contribution in [0, 0.1) is 0 Å². The van der Waals surface area contributed by atoms with Crippen molar-refractivity contribution in [3.8, 4) is 0 Å². The molecule has 0 spiro atoms. The Hall–Kier alpha value is -1.86. The first-order chi connectivity index (χ1) is 12.2. The summed E-state index contributed by atoms with van der Waals surface area (Å²) in [5.41, 5.74) is 3.58. The average Bonchev–Trinajstić information content (AvgIpc) is 2.89. The van der Waals surface area contributed by atoms with Gasteiger partial charge in [0.2, 0.25) is 15.9 Å². The Morgan fingerprint density at radius 2 is 1.88 bits per heavy atom. The topological polar surface area (TPSA) is 57.7 Å². The van der Waals surface area contributed by atoms with Gasteiger partial charge in [-0.3, -0.25) is 9.10 Å². The van der Waals surface area contributed by atoms with Crippen LogP contribution in [0.4, 0.5) is 11.4 Å². The third kappa shape index (κ3) is 3.78. The molecule has 5 nitrogen and oxygen atoms in total. The van der Waals surface area contributed by atoms with E-state index in [2.05, 4.69) is 28.9 Å². The Bertz CT molecular complexity index is 942. The molecule has 1 atom stereocenters. The van der Waals surface area contributed by atoms with E-state index in [0.717, 1.165) is 28.4 Å². The molecule has 1 amide bonds. The molecule has 3 rings (SSSR count). The number of amides is 1. The van der Waals surface area contributed by atoms with Gasteiger partial charge in [0.1, 0.15) is 0 Å². The fraction of sp³-hybridized carbons (Fsp3) is 0.316. The van der Waals surface area contributed by atoms with Crippen LogP contribution in [0.15, 0.2) is 46.9 Å². The molecule has 0 radical (unpaired) electrons. The Kier molecular flexibility index (Phi) is 5.12. The number of rotatable bonds is 4. The molecular formula is C19H21BrN2O3S. The number of fused-ring (bicyclic) bond motifs is 1. The van der Waals surface area contributed by atoms with Crippen molar-refractivity contribution in [2.45, 2.75) is 25.8 Å². The van der Waals surface area contributed by atoms with Crippen molar-refractivity contribution >= 4 is 43.2 Å². The largest absolute Gasteiger partial charge is 0.309 e. The normalized spacial score (nSPS) is 16.5. The summed E-state index contributed by atoms with van der Waals surface area (Å²) in [6.07, 6.45) is 2.29. The molecule has 1 heterocycles. The van der Waals surface area contributed by atoms with E-state index >= 15 is 0 Å². The van der Waals surface area contributed by atoms with Gasteiger partial charge in [0.25, 0.3) is 0 Å². The fourth-order valence-corrected chi connectivity index (χ4v) is 4.17. The van der Waals surface area contributed by atoms with Gasteiger partial charge in [-0.05, 0) is 54.8 Å². The third-order valence-corrected chi connectivity index (χ3v) is 6.38. The van der Waals surface area contributed by atoms with Crippen molar-refractivity contribution in [1.29, 1.82) is 0 Å². The zero-order valence-corrected chi connectivity index (χ0v) is 17.3. The van der Waals surface area contributed by atoms with E-state index in [1.165, 1.54) is 16.9 Å². The van der Waals surface area contributed by atoms with E-state index in [9.17, 15) is 13.2 Å². The summed E-state index contributed by atoms with van der Waals surface area (Å²) in [6.45, 7) is 2.05. The predicted molar refractivity (Wildman–Crippen MR) is 108 cm³/mol. The second-order valence-electron chi connectivity index (χ2n) is 6.66. The zero-order chi connectivity index (χ0) is 19.1. The maximum absolute atomic E-state index is 12.9. The highest BCUT2D eigenvalue weighted by Crippen LogP contribution is 2.34. The molecule has 0 fully saturated rings. The molecule has 2 aromatic carbocycles. The summed E-state index contributed by atoms with van der Waals surface area (Å²) in [5.74, 6) is 0.0443. The summed E-state index contributed by atoms with van der Waals surface area (Å²) >= 11 is 3.48. The van der Waals surface area contributed by atoms with Crippen LogP contribution in [0.1, 0.15) is 18.1 Å². The molecule has 7 heteroatoms. The molecule has 0 aromatic heterocycles. The number of halogens is 1. The minimum Gasteiger partial charge on any atom is -0.309 e. The number of carbonyl (C=O) groups is 1. The van der Waals surface area contributed by atoms with Crippen LogP contribution in [0.3, 0.4) is 0 Å². The van der Waals surface area contributed by atoms with Crippen molar-refractivity contribution < 1.29 is 13.2 Å². The number of hydrogen-bond acceptors (Lipinski definition) is 3. The summed E-state index contributed by atoms with van der Waals surface area (Å²) in [4.78, 5) is 14.7. The minimum atomic E-state index is -3.29. The summed E-state index contributed by atoms with van der Waals surface area (Å²) in [5, 5.41) is 0. The molecule has 0 saturated carbocycles. The van der Waals surface area contributed by atoms with Crippen LogP contribution in [0.5, 0.6) is 0 Å². The van der Waals surface area contributed by atoms with Gasteiger partial charge in [0, 0.05) is 23.2 Å². The SMILES string of the molecule is C[C@@H]1Cc2cc(Br)ccc2N1C(=O)Cc1ccc(N(C)S(C)(=O)=O)cc1. The molecule has 26 heavy (non-hydrogen) atoms. The standard InChI is InChI=1S/C19H21BrN2O3S/c1-13-10-15-12-16(20)6-9-18(15)22(13)19(23)11-14-4-7-17(8-5-14)21(2)26(3,24)25/h4-9,12-13H,10-11H2,1-3H3/t13-/m1/s1. The molecule has 1 aliphatic heterocycles. The first kappa shape index (κ1) is 18.9. The van der Waals surface area contributed by atoms with Gasteiger partial charge < -0.3 is 4.90 Å². The molecule has 0 saturated heterocycles. The Morgan fingerprint density at radius 3 is 2.50 bits per heavy atom. The number of sulfonamides is 1. The minimum absolute atomic E-state index is 0.0443. The predicted octanol–water partition coefficient (Wildman–Crippen LogP) is 3.37. The first-order valence-corrected chi connectivity index (χ1v) is 10.9. The van der Waals surface area contributed by atoms with E-state index in [1.807, 2.05) is 17.0 Å². The maximum atomic E-state index is 12.9. The number of anilines is 2. The van der Waals surface area contributed by atoms with E-state index in [0.29, 0.717) is 5.69 Å². The van der Waals surface area contributed by atoms with Crippen molar-refractivity contribution in [2.75, 3.05) is 22.5 Å². The van der Waals surface area contributed by atoms with Crippen LogP contribution < -0.4 is 9.21 Å². The van der Waals surface area contributed by atoms with Crippen molar-refractivity contribution in [1.82, 2.24) is 0 Å². The monoisotopic (exact) mass is 436 g/mol. The van der Waals surface area contributed by atoms with Crippen LogP contribution in [0.25, 0.3) is 0 Å². The molecule has 138 valence electrons. The first-order valence-electron chi connectivity index (χ1n) is 8.30. The highest BCUT2D eigenvalue weighted by atomic mass is 79.9. The maximum Gasteiger partial charge on any atom is 0.231 e. The van der Waals surface area contributed by atoms with Crippen LogP contribution in [0.2, 0.25) is 0 Å². The number of carbonyl (C=O) groups excluding carboxylic acids is 1. The third-order valence-electron chi connectivity index (χ3n) is 4.68. The number of hydrogen-bond donors (Lipinski definition) is 0. The molecule has 0 aliphatic carbocycles. The van der Waals surface area contributed by atoms with Gasteiger partial charge in [0.05, 0.1) is 18.4 Å². The van der Waals surface area contributed by atoms with E-state index < -0.39 is 10.0 Å². The lowest BCUT2D eigenvalue weighted by atomic mass is 10.1. The zero-order valence-electron chi connectivity index (χ0n) is 14.9. The Morgan fingerprint density at radius 1 is 1.23 bits per heavy atom. The summed E-state index contributed by atoms with van der Waals surface area (Å²) < 4.78 is 25.4. The molecular weight excluding hydrogens is 416 g/mol. The van der Waals surface area contributed by atoms with Gasteiger partial charge >= 0.3 is 0 Å². The lowest BCUT2D eigenvalue weighted by molar-refractivity contribution is -0.118. The molecule has 2 aromatic rings. The highest BCUT2D eigenvalue weighted by molar-refractivity contribution is 9.10. The number of benzene rings is 2. The van der Waals surface area contributed by atoms with Gasteiger partial charge in [-0.15, -0.1) is 0 Å².